The molecule has 4 nitrogen and oxygen atoms in total. The Morgan fingerprint density at radius 1 is 0.917 bits per heavy atom. The van der Waals surface area contributed by atoms with Crippen LogP contribution in [0.25, 0.3) is 0 Å². The van der Waals surface area contributed by atoms with E-state index in [1.165, 1.54) is 5.56 Å². The lowest BCUT2D eigenvalue weighted by atomic mass is 10.1. The molecule has 0 atom stereocenters. The minimum Gasteiger partial charge on any atom is -0.493 e. The van der Waals surface area contributed by atoms with Crippen LogP contribution in [0.1, 0.15) is 23.1 Å². The fourth-order valence-electron chi connectivity index (χ4n) is 2.37. The molecule has 0 spiro atoms. The molecule has 0 fully saturated rings. The number of amides is 1. The minimum atomic E-state index is -0.0344. The van der Waals surface area contributed by atoms with Crippen LogP contribution >= 0.6 is 0 Å². The molecule has 0 aliphatic heterocycles. The molecule has 1 amide bonds. The molecule has 0 heterocycles. The molecule has 0 unspecified atom stereocenters. The van der Waals surface area contributed by atoms with Gasteiger partial charge in [-0.15, -0.1) is 0 Å². The molecule has 0 aliphatic rings. The van der Waals surface area contributed by atoms with E-state index in [-0.39, 0.29) is 5.91 Å². The van der Waals surface area contributed by atoms with Crippen LogP contribution in [0.5, 0.6) is 11.5 Å². The predicted octanol–water partition coefficient (Wildman–Crippen LogP) is 3.58. The number of carbonyl (C=O) groups excluding carboxylic acids is 1. The zero-order chi connectivity index (χ0) is 17.4. The smallest absolute Gasteiger partial charge is 0.223 e. The largest absolute Gasteiger partial charge is 0.493 e. The van der Waals surface area contributed by atoms with Crippen LogP contribution in [0.15, 0.2) is 42.5 Å². The average Bonchev–Trinajstić information content (AvgIpc) is 2.55. The number of hydrogen-bond donors (Lipinski definition) is 1. The van der Waals surface area contributed by atoms with Crippen LogP contribution in [0, 0.1) is 20.8 Å². The standard InChI is InChI=1S/C20H25NO3/c1-15-8-9-19(17(3)14-15)24-13-11-21-20(22)10-12-23-18-7-5-4-6-16(18)2/h4-9,14H,10-13H2,1-3H3,(H,21,22). The van der Waals surface area contributed by atoms with Gasteiger partial charge in [-0.3, -0.25) is 4.79 Å². The second-order valence-corrected chi connectivity index (χ2v) is 5.83. The van der Waals surface area contributed by atoms with Crippen molar-refractivity contribution in [2.75, 3.05) is 19.8 Å². The Hall–Kier alpha value is -2.49. The second kappa shape index (κ2) is 8.96. The van der Waals surface area contributed by atoms with Crippen molar-refractivity contribution in [2.24, 2.45) is 0 Å². The molecule has 2 rings (SSSR count). The summed E-state index contributed by atoms with van der Waals surface area (Å²) in [4.78, 5) is 11.8. The van der Waals surface area contributed by atoms with Crippen LogP contribution < -0.4 is 14.8 Å². The van der Waals surface area contributed by atoms with E-state index in [2.05, 4.69) is 18.3 Å². The summed E-state index contributed by atoms with van der Waals surface area (Å²) in [7, 11) is 0. The van der Waals surface area contributed by atoms with Crippen LogP contribution in [0.3, 0.4) is 0 Å². The lowest BCUT2D eigenvalue weighted by Gasteiger charge is -2.11. The van der Waals surface area contributed by atoms with Gasteiger partial charge in [-0.1, -0.05) is 35.9 Å². The molecule has 4 heteroatoms. The molecule has 0 radical (unpaired) electrons. The lowest BCUT2D eigenvalue weighted by molar-refractivity contribution is -0.121. The van der Waals surface area contributed by atoms with Gasteiger partial charge < -0.3 is 14.8 Å². The monoisotopic (exact) mass is 327 g/mol. The Bertz CT molecular complexity index is 682. The van der Waals surface area contributed by atoms with Crippen LogP contribution in [-0.2, 0) is 4.79 Å². The van der Waals surface area contributed by atoms with E-state index in [0.717, 1.165) is 22.6 Å². The van der Waals surface area contributed by atoms with Crippen LogP contribution in [-0.4, -0.2) is 25.7 Å². The minimum absolute atomic E-state index is 0.0344. The van der Waals surface area contributed by atoms with Crippen molar-refractivity contribution in [2.45, 2.75) is 27.2 Å². The van der Waals surface area contributed by atoms with Gasteiger partial charge in [0.15, 0.2) is 0 Å². The highest BCUT2D eigenvalue weighted by Crippen LogP contribution is 2.18. The Morgan fingerprint density at radius 3 is 2.38 bits per heavy atom. The van der Waals surface area contributed by atoms with Gasteiger partial charge in [0, 0.05) is 0 Å². The van der Waals surface area contributed by atoms with E-state index < -0.39 is 0 Å². The molecule has 2 aromatic rings. The van der Waals surface area contributed by atoms with Gasteiger partial charge in [0.1, 0.15) is 18.1 Å². The van der Waals surface area contributed by atoms with Gasteiger partial charge >= 0.3 is 0 Å². The third-order valence-electron chi connectivity index (χ3n) is 3.69. The Balaban J connectivity index is 1.62. The fraction of sp³-hybridized carbons (Fsp3) is 0.350. The van der Waals surface area contributed by atoms with E-state index in [1.54, 1.807) is 0 Å². The number of nitrogens with one attached hydrogen (secondary N) is 1. The quantitative estimate of drug-likeness (QED) is 0.754. The van der Waals surface area contributed by atoms with Crippen molar-refractivity contribution in [1.29, 1.82) is 0 Å². The SMILES string of the molecule is Cc1ccc(OCCNC(=O)CCOc2ccccc2C)c(C)c1. The third-order valence-corrected chi connectivity index (χ3v) is 3.69. The molecule has 1 N–H and O–H groups in total. The average molecular weight is 327 g/mol. The Labute approximate surface area is 143 Å². The number of benzene rings is 2. The van der Waals surface area contributed by atoms with E-state index in [4.69, 9.17) is 9.47 Å². The summed E-state index contributed by atoms with van der Waals surface area (Å²) in [5, 5.41) is 2.84. The molecule has 0 saturated carbocycles. The summed E-state index contributed by atoms with van der Waals surface area (Å²) in [6, 6.07) is 13.8. The van der Waals surface area contributed by atoms with Crippen molar-refractivity contribution in [3.8, 4) is 11.5 Å². The van der Waals surface area contributed by atoms with Crippen LogP contribution in [0.4, 0.5) is 0 Å². The predicted molar refractivity (Wildman–Crippen MR) is 95.7 cm³/mol. The number of carbonyl (C=O) groups is 1. The highest BCUT2D eigenvalue weighted by molar-refractivity contribution is 5.75. The van der Waals surface area contributed by atoms with Crippen molar-refractivity contribution in [3.05, 3.63) is 59.2 Å². The molecule has 0 saturated heterocycles. The molecule has 24 heavy (non-hydrogen) atoms. The number of hydrogen-bond acceptors (Lipinski definition) is 3. The molecule has 0 bridgehead atoms. The molecule has 2 aromatic carbocycles. The van der Waals surface area contributed by atoms with E-state index in [9.17, 15) is 4.79 Å². The van der Waals surface area contributed by atoms with Gasteiger partial charge in [0.05, 0.1) is 19.6 Å². The topological polar surface area (TPSA) is 47.6 Å². The maximum absolute atomic E-state index is 11.8. The van der Waals surface area contributed by atoms with Gasteiger partial charge in [0.2, 0.25) is 5.91 Å². The Morgan fingerprint density at radius 2 is 1.62 bits per heavy atom. The first kappa shape index (κ1) is 17.9. The van der Waals surface area contributed by atoms with E-state index in [0.29, 0.717) is 26.2 Å². The first-order chi connectivity index (χ1) is 11.6. The van der Waals surface area contributed by atoms with Gasteiger partial charge in [0.25, 0.3) is 0 Å². The van der Waals surface area contributed by atoms with Crippen molar-refractivity contribution in [1.82, 2.24) is 5.32 Å². The fourth-order valence-corrected chi connectivity index (χ4v) is 2.37. The number of rotatable bonds is 8. The number of para-hydroxylation sites is 1. The summed E-state index contributed by atoms with van der Waals surface area (Å²) in [6.07, 6.45) is 0.331. The maximum Gasteiger partial charge on any atom is 0.223 e. The molecule has 0 aliphatic carbocycles. The lowest BCUT2D eigenvalue weighted by Crippen LogP contribution is -2.29. The maximum atomic E-state index is 11.8. The summed E-state index contributed by atoms with van der Waals surface area (Å²) >= 11 is 0. The molecule has 0 aromatic heterocycles. The van der Waals surface area contributed by atoms with E-state index >= 15 is 0 Å². The second-order valence-electron chi connectivity index (χ2n) is 5.83. The first-order valence-electron chi connectivity index (χ1n) is 8.21. The van der Waals surface area contributed by atoms with Crippen LogP contribution in [0.2, 0.25) is 0 Å². The van der Waals surface area contributed by atoms with Crippen molar-refractivity contribution >= 4 is 5.91 Å². The first-order valence-corrected chi connectivity index (χ1v) is 8.21. The zero-order valence-corrected chi connectivity index (χ0v) is 14.6. The number of ether oxygens (including phenoxy) is 2. The molecular formula is C20H25NO3. The highest BCUT2D eigenvalue weighted by atomic mass is 16.5. The van der Waals surface area contributed by atoms with Gasteiger partial charge in [-0.05, 0) is 44.0 Å². The summed E-state index contributed by atoms with van der Waals surface area (Å²) < 4.78 is 11.3. The normalized spacial score (nSPS) is 10.3. The van der Waals surface area contributed by atoms with Crippen molar-refractivity contribution in [3.63, 3.8) is 0 Å². The summed E-state index contributed by atoms with van der Waals surface area (Å²) in [5.74, 6) is 1.65. The summed E-state index contributed by atoms with van der Waals surface area (Å²) in [6.45, 7) is 7.36. The van der Waals surface area contributed by atoms with Crippen molar-refractivity contribution < 1.29 is 14.3 Å². The molecule has 128 valence electrons. The highest BCUT2D eigenvalue weighted by Gasteiger charge is 2.04. The van der Waals surface area contributed by atoms with E-state index in [1.807, 2.05) is 50.2 Å². The molecular weight excluding hydrogens is 302 g/mol. The Kier molecular flexibility index (Phi) is 6.67. The zero-order valence-electron chi connectivity index (χ0n) is 14.6. The third kappa shape index (κ3) is 5.61. The van der Waals surface area contributed by atoms with Gasteiger partial charge in [-0.25, -0.2) is 0 Å². The number of aryl methyl sites for hydroxylation is 3. The van der Waals surface area contributed by atoms with Gasteiger partial charge in [-0.2, -0.15) is 0 Å². The summed E-state index contributed by atoms with van der Waals surface area (Å²) in [5.41, 5.74) is 3.38.